The van der Waals surface area contributed by atoms with E-state index in [9.17, 15) is 4.79 Å². The van der Waals surface area contributed by atoms with Gasteiger partial charge in [-0.1, -0.05) is 0 Å². The lowest BCUT2D eigenvalue weighted by Gasteiger charge is -2.25. The highest BCUT2D eigenvalue weighted by Crippen LogP contribution is 2.19. The first-order chi connectivity index (χ1) is 10.6. The lowest BCUT2D eigenvalue weighted by molar-refractivity contribution is 0.111. The van der Waals surface area contributed by atoms with Gasteiger partial charge in [0.2, 0.25) is 0 Å². The molecule has 2 aromatic rings. The smallest absolute Gasteiger partial charge is 0.272 e. The summed E-state index contributed by atoms with van der Waals surface area (Å²) in [5.41, 5.74) is 1.39. The molecule has 2 aromatic heterocycles. The Morgan fingerprint density at radius 3 is 3.09 bits per heavy atom. The predicted molar refractivity (Wildman–Crippen MR) is 84.0 cm³/mol. The average molecular weight is 305 g/mol. The second-order valence-corrected chi connectivity index (χ2v) is 6.13. The zero-order chi connectivity index (χ0) is 15.7. The molecule has 7 heteroatoms. The number of hydrogen-bond acceptors (Lipinski definition) is 5. The van der Waals surface area contributed by atoms with Crippen LogP contribution >= 0.6 is 0 Å². The van der Waals surface area contributed by atoms with Crippen LogP contribution in [0.5, 0.6) is 0 Å². The van der Waals surface area contributed by atoms with E-state index in [0.29, 0.717) is 24.3 Å². The standard InChI is InChI=1S/C15H23N5O2/c1-18(9-12-7-13(22-3)10-19(12)2)8-11-6-15(21)20-14(17-11)4-5-16-20/h4-6,12-13,16H,7-10H2,1-3H3/t12-,13-/m0/s1. The zero-order valence-corrected chi connectivity index (χ0v) is 13.3. The molecule has 1 N–H and O–H groups in total. The first kappa shape index (κ1) is 15.2. The summed E-state index contributed by atoms with van der Waals surface area (Å²) in [4.78, 5) is 21.0. The fourth-order valence-corrected chi connectivity index (χ4v) is 3.17. The number of likely N-dealkylation sites (tertiary alicyclic amines) is 1. The third-order valence-corrected chi connectivity index (χ3v) is 4.37. The van der Waals surface area contributed by atoms with Gasteiger partial charge in [-0.25, -0.2) is 9.50 Å². The molecule has 1 saturated heterocycles. The molecule has 1 aliphatic rings. The molecule has 22 heavy (non-hydrogen) atoms. The van der Waals surface area contributed by atoms with Crippen LogP contribution in [0.25, 0.3) is 5.65 Å². The summed E-state index contributed by atoms with van der Waals surface area (Å²) in [5.74, 6) is 0. The highest BCUT2D eigenvalue weighted by Gasteiger charge is 2.30. The number of ether oxygens (including phenoxy) is 1. The maximum Gasteiger partial charge on any atom is 0.272 e. The van der Waals surface area contributed by atoms with Gasteiger partial charge in [0.15, 0.2) is 5.65 Å². The van der Waals surface area contributed by atoms with Gasteiger partial charge in [-0.05, 0) is 20.5 Å². The molecule has 0 saturated carbocycles. The fourth-order valence-electron chi connectivity index (χ4n) is 3.17. The maximum absolute atomic E-state index is 12.0. The first-order valence-electron chi connectivity index (χ1n) is 7.54. The Hall–Kier alpha value is -1.70. The highest BCUT2D eigenvalue weighted by atomic mass is 16.5. The molecule has 1 fully saturated rings. The number of hydrogen-bond donors (Lipinski definition) is 1. The minimum absolute atomic E-state index is 0.0733. The monoisotopic (exact) mass is 305 g/mol. The molecule has 3 rings (SSSR count). The molecule has 0 spiro atoms. The van der Waals surface area contributed by atoms with Gasteiger partial charge in [0.1, 0.15) is 0 Å². The molecule has 7 nitrogen and oxygen atoms in total. The summed E-state index contributed by atoms with van der Waals surface area (Å²) >= 11 is 0. The second-order valence-electron chi connectivity index (χ2n) is 6.13. The van der Waals surface area contributed by atoms with Gasteiger partial charge in [0, 0.05) is 51.1 Å². The second kappa shape index (κ2) is 6.20. The molecule has 0 amide bonds. The Bertz CT molecular complexity index is 695. The quantitative estimate of drug-likeness (QED) is 0.853. The number of nitrogens with one attached hydrogen (secondary N) is 1. The molecule has 0 aliphatic carbocycles. The van der Waals surface area contributed by atoms with E-state index >= 15 is 0 Å². The van der Waals surface area contributed by atoms with Gasteiger partial charge < -0.3 is 4.74 Å². The maximum atomic E-state index is 12.0. The summed E-state index contributed by atoms with van der Waals surface area (Å²) in [5, 5.41) is 2.85. The molecule has 0 radical (unpaired) electrons. The first-order valence-corrected chi connectivity index (χ1v) is 7.54. The van der Waals surface area contributed by atoms with E-state index in [0.717, 1.165) is 25.2 Å². The summed E-state index contributed by atoms with van der Waals surface area (Å²) in [7, 11) is 5.97. The molecular formula is C15H23N5O2. The molecule has 120 valence electrons. The van der Waals surface area contributed by atoms with Crippen LogP contribution in [0.4, 0.5) is 0 Å². The van der Waals surface area contributed by atoms with E-state index in [4.69, 9.17) is 4.74 Å². The van der Waals surface area contributed by atoms with Crippen LogP contribution in [-0.4, -0.2) is 70.8 Å². The van der Waals surface area contributed by atoms with E-state index in [1.807, 2.05) is 0 Å². The topological polar surface area (TPSA) is 65.9 Å². The molecular weight excluding hydrogens is 282 g/mol. The van der Waals surface area contributed by atoms with Crippen molar-refractivity contribution in [2.45, 2.75) is 25.1 Å². The van der Waals surface area contributed by atoms with Gasteiger partial charge in [-0.2, -0.15) is 0 Å². The molecule has 2 atom stereocenters. The Morgan fingerprint density at radius 1 is 1.55 bits per heavy atom. The normalized spacial score (nSPS) is 22.9. The number of methoxy groups -OCH3 is 1. The van der Waals surface area contributed by atoms with Crippen molar-refractivity contribution in [1.29, 1.82) is 0 Å². The van der Waals surface area contributed by atoms with Crippen molar-refractivity contribution in [2.24, 2.45) is 0 Å². The third kappa shape index (κ3) is 3.06. The van der Waals surface area contributed by atoms with Crippen LogP contribution in [-0.2, 0) is 11.3 Å². The van der Waals surface area contributed by atoms with E-state index in [2.05, 4.69) is 34.0 Å². The Labute approximate surface area is 129 Å². The van der Waals surface area contributed by atoms with Gasteiger partial charge >= 0.3 is 0 Å². The number of H-pyrrole nitrogens is 1. The van der Waals surface area contributed by atoms with Crippen LogP contribution < -0.4 is 5.56 Å². The van der Waals surface area contributed by atoms with Crippen LogP contribution in [0.15, 0.2) is 23.1 Å². The lowest BCUT2D eigenvalue weighted by atomic mass is 10.2. The van der Waals surface area contributed by atoms with Gasteiger partial charge in [0.05, 0.1) is 11.8 Å². The fraction of sp³-hybridized carbons (Fsp3) is 0.600. The van der Waals surface area contributed by atoms with Crippen molar-refractivity contribution in [2.75, 3.05) is 34.3 Å². The Kier molecular flexibility index (Phi) is 4.28. The molecule has 1 aliphatic heterocycles. The van der Waals surface area contributed by atoms with Crippen molar-refractivity contribution >= 4 is 5.65 Å². The summed E-state index contributed by atoms with van der Waals surface area (Å²) in [6.45, 7) is 2.58. The highest BCUT2D eigenvalue weighted by molar-refractivity contribution is 5.36. The van der Waals surface area contributed by atoms with E-state index in [-0.39, 0.29) is 5.56 Å². The minimum Gasteiger partial charge on any atom is -0.380 e. The van der Waals surface area contributed by atoms with Crippen molar-refractivity contribution in [1.82, 2.24) is 24.4 Å². The number of rotatable bonds is 5. The average Bonchev–Trinajstić information content (AvgIpc) is 3.06. The SMILES string of the molecule is CO[C@H]1C[C@@H](CN(C)Cc2cc(=O)n3[nH]ccc3n2)N(C)C1. The summed E-state index contributed by atoms with van der Waals surface area (Å²) in [6, 6.07) is 3.88. The summed E-state index contributed by atoms with van der Waals surface area (Å²) in [6.07, 6.45) is 3.09. The zero-order valence-electron chi connectivity index (χ0n) is 13.3. The largest absolute Gasteiger partial charge is 0.380 e. The van der Waals surface area contributed by atoms with E-state index in [1.165, 1.54) is 4.52 Å². The van der Waals surface area contributed by atoms with Gasteiger partial charge in [0.25, 0.3) is 5.56 Å². The van der Waals surface area contributed by atoms with Gasteiger partial charge in [-0.3, -0.25) is 19.7 Å². The number of nitrogens with zero attached hydrogens (tertiary/aromatic N) is 4. The third-order valence-electron chi connectivity index (χ3n) is 4.37. The number of aromatic nitrogens is 3. The van der Waals surface area contributed by atoms with Gasteiger partial charge in [-0.15, -0.1) is 0 Å². The lowest BCUT2D eigenvalue weighted by Crippen LogP contribution is -2.36. The van der Waals surface area contributed by atoms with Crippen molar-refractivity contribution in [3.8, 4) is 0 Å². The Balaban J connectivity index is 1.65. The van der Waals surface area contributed by atoms with E-state index in [1.54, 1.807) is 25.4 Å². The Morgan fingerprint density at radius 2 is 2.36 bits per heavy atom. The summed E-state index contributed by atoms with van der Waals surface area (Å²) < 4.78 is 6.89. The van der Waals surface area contributed by atoms with Crippen molar-refractivity contribution in [3.05, 3.63) is 34.4 Å². The molecule has 0 bridgehead atoms. The number of fused-ring (bicyclic) bond motifs is 1. The number of aromatic amines is 1. The predicted octanol–water partition coefficient (Wildman–Crippen LogP) is 0.174. The molecule has 0 unspecified atom stereocenters. The van der Waals surface area contributed by atoms with Crippen molar-refractivity contribution < 1.29 is 4.74 Å². The number of likely N-dealkylation sites (N-methyl/N-ethyl adjacent to an activating group) is 2. The van der Waals surface area contributed by atoms with E-state index < -0.39 is 0 Å². The van der Waals surface area contributed by atoms with Crippen molar-refractivity contribution in [3.63, 3.8) is 0 Å². The van der Waals surface area contributed by atoms with Crippen LogP contribution in [0.3, 0.4) is 0 Å². The van der Waals surface area contributed by atoms with Crippen LogP contribution in [0.1, 0.15) is 12.1 Å². The van der Waals surface area contributed by atoms with Crippen LogP contribution in [0.2, 0.25) is 0 Å². The molecule has 3 heterocycles. The van der Waals surface area contributed by atoms with Crippen LogP contribution in [0, 0.1) is 0 Å². The molecule has 0 aromatic carbocycles. The minimum atomic E-state index is -0.0733.